The lowest BCUT2D eigenvalue weighted by Crippen LogP contribution is -2.48. The van der Waals surface area contributed by atoms with Gasteiger partial charge in [0.05, 0.1) is 6.61 Å². The molecule has 0 saturated carbocycles. The maximum absolute atomic E-state index is 12.0. The maximum Gasteiger partial charge on any atom is 0.326 e. The zero-order chi connectivity index (χ0) is 17.4. The van der Waals surface area contributed by atoms with Gasteiger partial charge in [-0.05, 0) is 49.3 Å². The van der Waals surface area contributed by atoms with E-state index in [0.29, 0.717) is 31.1 Å². The molecule has 1 saturated heterocycles. The Kier molecular flexibility index (Phi) is 7.88. The highest BCUT2D eigenvalue weighted by Gasteiger charge is 2.31. The standard InChI is InChI=1S/C17H22ClNO4S/c18-13-5-7-14(8-6-13)24-10-2-4-15(20)19-16(17(21)22)12-3-1-9-23-11-12/h5-8,12,16H,1-4,9-11H2,(H,19,20)(H,21,22). The first-order valence-corrected chi connectivity index (χ1v) is 9.41. The van der Waals surface area contributed by atoms with Gasteiger partial charge in [0.15, 0.2) is 0 Å². The van der Waals surface area contributed by atoms with Gasteiger partial charge in [-0.25, -0.2) is 4.79 Å². The maximum atomic E-state index is 12.0. The van der Waals surface area contributed by atoms with E-state index >= 15 is 0 Å². The Morgan fingerprint density at radius 2 is 2.12 bits per heavy atom. The molecule has 1 aliphatic rings. The number of carboxylic acid groups (broad SMARTS) is 1. The molecule has 2 N–H and O–H groups in total. The van der Waals surface area contributed by atoms with Crippen molar-refractivity contribution in [1.29, 1.82) is 0 Å². The summed E-state index contributed by atoms with van der Waals surface area (Å²) in [6.07, 6.45) is 2.61. The van der Waals surface area contributed by atoms with Crippen LogP contribution in [0.1, 0.15) is 25.7 Å². The third-order valence-corrected chi connectivity index (χ3v) is 5.23. The number of thioether (sulfide) groups is 1. The van der Waals surface area contributed by atoms with Crippen molar-refractivity contribution in [3.05, 3.63) is 29.3 Å². The summed E-state index contributed by atoms with van der Waals surface area (Å²) in [4.78, 5) is 24.5. The van der Waals surface area contributed by atoms with E-state index < -0.39 is 12.0 Å². The second-order valence-electron chi connectivity index (χ2n) is 5.77. The van der Waals surface area contributed by atoms with Crippen molar-refractivity contribution in [2.45, 2.75) is 36.6 Å². The highest BCUT2D eigenvalue weighted by Crippen LogP contribution is 2.22. The number of rotatable bonds is 8. The number of carbonyl (C=O) groups excluding carboxylic acids is 1. The first kappa shape index (κ1) is 19.1. The molecule has 5 nitrogen and oxygen atoms in total. The number of benzene rings is 1. The largest absolute Gasteiger partial charge is 0.480 e. The molecule has 1 aromatic carbocycles. The van der Waals surface area contributed by atoms with Crippen LogP contribution in [0.3, 0.4) is 0 Å². The lowest BCUT2D eigenvalue weighted by molar-refractivity contribution is -0.145. The van der Waals surface area contributed by atoms with Crippen LogP contribution in [-0.2, 0) is 14.3 Å². The molecule has 1 fully saturated rings. The van der Waals surface area contributed by atoms with Crippen molar-refractivity contribution < 1.29 is 19.4 Å². The van der Waals surface area contributed by atoms with Crippen molar-refractivity contribution in [2.75, 3.05) is 19.0 Å². The third-order valence-electron chi connectivity index (χ3n) is 3.88. The van der Waals surface area contributed by atoms with E-state index in [1.54, 1.807) is 11.8 Å². The van der Waals surface area contributed by atoms with Crippen molar-refractivity contribution in [3.8, 4) is 0 Å². The van der Waals surface area contributed by atoms with Gasteiger partial charge in [0.1, 0.15) is 6.04 Å². The van der Waals surface area contributed by atoms with Crippen LogP contribution in [0.4, 0.5) is 0 Å². The van der Waals surface area contributed by atoms with Crippen LogP contribution in [0.5, 0.6) is 0 Å². The van der Waals surface area contributed by atoms with Crippen molar-refractivity contribution >= 4 is 35.2 Å². The fourth-order valence-corrected chi connectivity index (χ4v) is 3.59. The monoisotopic (exact) mass is 371 g/mol. The van der Waals surface area contributed by atoms with Gasteiger partial charge < -0.3 is 15.2 Å². The lowest BCUT2D eigenvalue weighted by Gasteiger charge is -2.28. The Morgan fingerprint density at radius 1 is 1.38 bits per heavy atom. The number of nitrogens with one attached hydrogen (secondary N) is 1. The first-order chi connectivity index (χ1) is 11.6. The molecule has 1 aromatic rings. The molecule has 2 rings (SSSR count). The number of ether oxygens (including phenoxy) is 1. The summed E-state index contributed by atoms with van der Waals surface area (Å²) in [5.74, 6) is -0.568. The minimum Gasteiger partial charge on any atom is -0.480 e. The molecule has 0 spiro atoms. The van der Waals surface area contributed by atoms with Crippen molar-refractivity contribution in [2.24, 2.45) is 5.92 Å². The Morgan fingerprint density at radius 3 is 2.75 bits per heavy atom. The van der Waals surface area contributed by atoms with E-state index in [1.807, 2.05) is 24.3 Å². The smallest absolute Gasteiger partial charge is 0.326 e. The van der Waals surface area contributed by atoms with Gasteiger partial charge in [-0.1, -0.05) is 11.6 Å². The van der Waals surface area contributed by atoms with Gasteiger partial charge in [0, 0.05) is 28.9 Å². The summed E-state index contributed by atoms with van der Waals surface area (Å²) >= 11 is 7.48. The minimum atomic E-state index is -0.991. The first-order valence-electron chi connectivity index (χ1n) is 8.04. The van der Waals surface area contributed by atoms with E-state index in [4.69, 9.17) is 16.3 Å². The summed E-state index contributed by atoms with van der Waals surface area (Å²) in [6, 6.07) is 6.69. The molecule has 0 aromatic heterocycles. The number of carboxylic acids is 1. The molecule has 1 heterocycles. The number of amides is 1. The molecule has 0 bridgehead atoms. The van der Waals surface area contributed by atoms with Gasteiger partial charge in [-0.3, -0.25) is 4.79 Å². The molecule has 24 heavy (non-hydrogen) atoms. The molecular weight excluding hydrogens is 350 g/mol. The predicted molar refractivity (Wildman–Crippen MR) is 94.5 cm³/mol. The van der Waals surface area contributed by atoms with Crippen LogP contribution in [-0.4, -0.2) is 42.0 Å². The lowest BCUT2D eigenvalue weighted by atomic mass is 9.93. The predicted octanol–water partition coefficient (Wildman–Crippen LogP) is 3.21. The Balaban J connectivity index is 1.70. The highest BCUT2D eigenvalue weighted by atomic mass is 35.5. The second kappa shape index (κ2) is 9.91. The average molecular weight is 372 g/mol. The van der Waals surface area contributed by atoms with Crippen LogP contribution in [0, 0.1) is 5.92 Å². The van der Waals surface area contributed by atoms with Crippen LogP contribution < -0.4 is 5.32 Å². The van der Waals surface area contributed by atoms with E-state index in [2.05, 4.69) is 5.32 Å². The van der Waals surface area contributed by atoms with Gasteiger partial charge >= 0.3 is 5.97 Å². The SMILES string of the molecule is O=C(CCCSc1ccc(Cl)cc1)NC(C(=O)O)C1CCCOC1. The molecular formula is C17H22ClNO4S. The summed E-state index contributed by atoms with van der Waals surface area (Å²) < 4.78 is 5.32. The van der Waals surface area contributed by atoms with E-state index in [9.17, 15) is 14.7 Å². The van der Waals surface area contributed by atoms with E-state index in [0.717, 1.165) is 23.5 Å². The summed E-state index contributed by atoms with van der Waals surface area (Å²) in [7, 11) is 0. The molecule has 2 atom stereocenters. The molecule has 0 aliphatic carbocycles. The molecule has 1 amide bonds. The topological polar surface area (TPSA) is 75.6 Å². The van der Waals surface area contributed by atoms with Crippen LogP contribution in [0.25, 0.3) is 0 Å². The normalized spacial score (nSPS) is 18.8. The van der Waals surface area contributed by atoms with Gasteiger partial charge in [-0.15, -0.1) is 11.8 Å². The minimum absolute atomic E-state index is 0.149. The Hall–Kier alpha value is -1.24. The summed E-state index contributed by atoms with van der Waals surface area (Å²) in [5.41, 5.74) is 0. The van der Waals surface area contributed by atoms with E-state index in [1.165, 1.54) is 0 Å². The fourth-order valence-electron chi connectivity index (χ4n) is 2.61. The van der Waals surface area contributed by atoms with Gasteiger partial charge in [-0.2, -0.15) is 0 Å². The Labute approximate surface area is 151 Å². The molecule has 132 valence electrons. The number of carbonyl (C=O) groups is 2. The molecule has 7 heteroatoms. The molecule has 2 unspecified atom stereocenters. The van der Waals surface area contributed by atoms with Gasteiger partial charge in [0.25, 0.3) is 0 Å². The van der Waals surface area contributed by atoms with Crippen LogP contribution in [0.2, 0.25) is 5.02 Å². The zero-order valence-corrected chi connectivity index (χ0v) is 14.9. The Bertz CT molecular complexity index is 546. The summed E-state index contributed by atoms with van der Waals surface area (Å²) in [5, 5.41) is 12.7. The number of halogens is 1. The second-order valence-corrected chi connectivity index (χ2v) is 7.37. The zero-order valence-electron chi connectivity index (χ0n) is 13.4. The number of hydrogen-bond donors (Lipinski definition) is 2. The van der Waals surface area contributed by atoms with E-state index in [-0.39, 0.29) is 11.8 Å². The highest BCUT2D eigenvalue weighted by molar-refractivity contribution is 7.99. The van der Waals surface area contributed by atoms with Crippen molar-refractivity contribution in [3.63, 3.8) is 0 Å². The fraction of sp³-hybridized carbons (Fsp3) is 0.529. The van der Waals surface area contributed by atoms with Gasteiger partial charge in [0.2, 0.25) is 5.91 Å². The number of aliphatic carboxylic acids is 1. The quantitative estimate of drug-likeness (QED) is 0.542. The van der Waals surface area contributed by atoms with Crippen LogP contribution in [0.15, 0.2) is 29.2 Å². The van der Waals surface area contributed by atoms with Crippen molar-refractivity contribution in [1.82, 2.24) is 5.32 Å². The number of hydrogen-bond acceptors (Lipinski definition) is 4. The molecule has 1 aliphatic heterocycles. The van der Waals surface area contributed by atoms with Crippen LogP contribution >= 0.6 is 23.4 Å². The molecule has 0 radical (unpaired) electrons. The average Bonchev–Trinajstić information content (AvgIpc) is 2.58. The summed E-state index contributed by atoms with van der Waals surface area (Å²) in [6.45, 7) is 1.06. The third kappa shape index (κ3) is 6.34.